The molecule has 0 saturated heterocycles. The molecule has 0 atom stereocenters. The molecular formula is C26H19NO4S. The molecule has 0 bridgehead atoms. The lowest BCUT2D eigenvalue weighted by atomic mass is 10.1. The maximum Gasteiger partial charge on any atom is 0.336 e. The summed E-state index contributed by atoms with van der Waals surface area (Å²) >= 11 is 1.44. The van der Waals surface area contributed by atoms with Crippen LogP contribution in [-0.4, -0.2) is 12.1 Å². The van der Waals surface area contributed by atoms with Gasteiger partial charge in [0.15, 0.2) is 5.76 Å². The fraction of sp³-hybridized carbons (Fsp3) is 0.0769. The first-order valence-electron chi connectivity index (χ1n) is 10.1. The van der Waals surface area contributed by atoms with Crippen molar-refractivity contribution in [3.63, 3.8) is 0 Å². The Morgan fingerprint density at radius 1 is 0.875 bits per heavy atom. The maximum atomic E-state index is 12.1. The van der Waals surface area contributed by atoms with E-state index in [1.807, 2.05) is 72.8 Å². The van der Waals surface area contributed by atoms with Gasteiger partial charge in [-0.05, 0) is 17.7 Å². The Morgan fingerprint density at radius 3 is 2.31 bits per heavy atom. The van der Waals surface area contributed by atoms with Gasteiger partial charge in [0, 0.05) is 34.4 Å². The van der Waals surface area contributed by atoms with Crippen LogP contribution < -0.4 is 10.4 Å². The van der Waals surface area contributed by atoms with Gasteiger partial charge in [0.25, 0.3) is 5.22 Å². The summed E-state index contributed by atoms with van der Waals surface area (Å²) in [6.45, 7) is 0. The zero-order valence-corrected chi connectivity index (χ0v) is 18.1. The minimum Gasteiger partial charge on any atom is -0.497 e. The molecule has 32 heavy (non-hydrogen) atoms. The molecule has 0 amide bonds. The number of nitrogens with zero attached hydrogens (tertiary/aromatic N) is 1. The Kier molecular flexibility index (Phi) is 5.52. The molecule has 5 nitrogen and oxygen atoms in total. The number of ether oxygens (including phenoxy) is 1. The van der Waals surface area contributed by atoms with Gasteiger partial charge in [-0.15, -0.1) is 0 Å². The lowest BCUT2D eigenvalue weighted by molar-refractivity contribution is 0.414. The van der Waals surface area contributed by atoms with Crippen LogP contribution in [0.4, 0.5) is 0 Å². The third-order valence-corrected chi connectivity index (χ3v) is 5.96. The van der Waals surface area contributed by atoms with Crippen molar-refractivity contribution in [3.05, 3.63) is 101 Å². The lowest BCUT2D eigenvalue weighted by Gasteiger charge is -2.05. The standard InChI is InChI=1S/C26H19NO4S/c1-29-20-12-13-21-19(14-23(28)30-22(21)15-20)16-32-26-27-24(17-8-4-2-5-9-17)25(31-26)18-10-6-3-7-11-18/h2-15H,16H2,1H3. The summed E-state index contributed by atoms with van der Waals surface area (Å²) in [4.78, 5) is 16.9. The van der Waals surface area contributed by atoms with Gasteiger partial charge in [-0.25, -0.2) is 9.78 Å². The molecule has 0 N–H and O–H groups in total. The highest BCUT2D eigenvalue weighted by atomic mass is 32.2. The highest BCUT2D eigenvalue weighted by molar-refractivity contribution is 7.98. The van der Waals surface area contributed by atoms with Crippen molar-refractivity contribution in [1.82, 2.24) is 4.98 Å². The Hall–Kier alpha value is -3.77. The molecule has 5 rings (SSSR count). The van der Waals surface area contributed by atoms with Crippen molar-refractivity contribution in [2.75, 3.05) is 7.11 Å². The van der Waals surface area contributed by atoms with E-state index in [4.69, 9.17) is 18.6 Å². The summed E-state index contributed by atoms with van der Waals surface area (Å²) < 4.78 is 16.8. The lowest BCUT2D eigenvalue weighted by Crippen LogP contribution is -2.00. The third kappa shape index (κ3) is 4.05. The molecule has 2 aromatic heterocycles. The molecule has 6 heteroatoms. The van der Waals surface area contributed by atoms with Crippen molar-refractivity contribution in [2.24, 2.45) is 0 Å². The molecule has 0 spiro atoms. The quantitative estimate of drug-likeness (QED) is 0.224. The SMILES string of the molecule is COc1ccc2c(CSc3nc(-c4ccccc4)c(-c4ccccc4)o3)cc(=O)oc2c1. The molecule has 0 unspecified atom stereocenters. The minimum atomic E-state index is -0.399. The van der Waals surface area contributed by atoms with E-state index in [-0.39, 0.29) is 0 Å². The van der Waals surface area contributed by atoms with Crippen molar-refractivity contribution in [3.8, 4) is 28.3 Å². The Bertz CT molecular complexity index is 1370. The van der Waals surface area contributed by atoms with Crippen LogP contribution >= 0.6 is 11.8 Å². The number of rotatable bonds is 6. The number of thioether (sulfide) groups is 1. The predicted octanol–water partition coefficient (Wildman–Crippen LogP) is 6.42. The number of methoxy groups -OCH3 is 1. The Balaban J connectivity index is 1.51. The van der Waals surface area contributed by atoms with Crippen molar-refractivity contribution < 1.29 is 13.6 Å². The van der Waals surface area contributed by atoms with Crippen LogP contribution in [0, 0.1) is 0 Å². The number of aromatic nitrogens is 1. The topological polar surface area (TPSA) is 65.5 Å². The second-order valence-electron chi connectivity index (χ2n) is 7.13. The first kappa shape index (κ1) is 20.2. The Morgan fingerprint density at radius 2 is 1.59 bits per heavy atom. The van der Waals surface area contributed by atoms with E-state index in [1.165, 1.54) is 17.8 Å². The van der Waals surface area contributed by atoms with Crippen LogP contribution in [0.15, 0.2) is 104 Å². The molecule has 0 fully saturated rings. The van der Waals surface area contributed by atoms with E-state index in [0.717, 1.165) is 33.5 Å². The number of fused-ring (bicyclic) bond motifs is 1. The van der Waals surface area contributed by atoms with Gasteiger partial charge in [-0.3, -0.25) is 0 Å². The predicted molar refractivity (Wildman–Crippen MR) is 126 cm³/mol. The monoisotopic (exact) mass is 441 g/mol. The van der Waals surface area contributed by atoms with Gasteiger partial charge in [0.05, 0.1) is 7.11 Å². The van der Waals surface area contributed by atoms with Crippen LogP contribution in [0.2, 0.25) is 0 Å². The van der Waals surface area contributed by atoms with Crippen LogP contribution in [0.5, 0.6) is 5.75 Å². The fourth-order valence-electron chi connectivity index (χ4n) is 3.54. The first-order chi connectivity index (χ1) is 15.7. The van der Waals surface area contributed by atoms with Gasteiger partial charge >= 0.3 is 5.63 Å². The van der Waals surface area contributed by atoms with Gasteiger partial charge < -0.3 is 13.6 Å². The molecule has 2 heterocycles. The molecule has 5 aromatic rings. The normalized spacial score (nSPS) is 11.0. The van der Waals surface area contributed by atoms with Gasteiger partial charge in [0.2, 0.25) is 0 Å². The highest BCUT2D eigenvalue weighted by Crippen LogP contribution is 2.37. The van der Waals surface area contributed by atoms with Gasteiger partial charge in [-0.2, -0.15) is 0 Å². The third-order valence-electron chi connectivity index (χ3n) is 5.08. The first-order valence-corrected chi connectivity index (χ1v) is 11.0. The summed E-state index contributed by atoms with van der Waals surface area (Å²) in [5.41, 5.74) is 3.69. The smallest absolute Gasteiger partial charge is 0.336 e. The van der Waals surface area contributed by atoms with E-state index >= 15 is 0 Å². The second kappa shape index (κ2) is 8.77. The van der Waals surface area contributed by atoms with Crippen LogP contribution in [-0.2, 0) is 5.75 Å². The van der Waals surface area contributed by atoms with E-state index in [9.17, 15) is 4.79 Å². The molecule has 0 aliphatic rings. The van der Waals surface area contributed by atoms with Crippen LogP contribution in [0.25, 0.3) is 33.6 Å². The molecular weight excluding hydrogens is 422 g/mol. The largest absolute Gasteiger partial charge is 0.497 e. The molecule has 0 aliphatic carbocycles. The highest BCUT2D eigenvalue weighted by Gasteiger charge is 2.18. The van der Waals surface area contributed by atoms with Crippen molar-refractivity contribution in [2.45, 2.75) is 11.0 Å². The minimum absolute atomic E-state index is 0.399. The van der Waals surface area contributed by atoms with E-state index < -0.39 is 5.63 Å². The molecule has 0 radical (unpaired) electrons. The van der Waals surface area contributed by atoms with Crippen LogP contribution in [0.3, 0.4) is 0 Å². The summed E-state index contributed by atoms with van der Waals surface area (Å²) in [6.07, 6.45) is 0. The van der Waals surface area contributed by atoms with Crippen molar-refractivity contribution >= 4 is 22.7 Å². The Labute approximate surface area is 188 Å². The van der Waals surface area contributed by atoms with E-state index in [2.05, 4.69) is 0 Å². The van der Waals surface area contributed by atoms with E-state index in [0.29, 0.717) is 22.3 Å². The summed E-state index contributed by atoms with van der Waals surface area (Å²) in [6, 6.07) is 26.9. The van der Waals surface area contributed by atoms with Gasteiger partial charge in [-0.1, -0.05) is 72.4 Å². The molecule has 158 valence electrons. The molecule has 3 aromatic carbocycles. The summed E-state index contributed by atoms with van der Waals surface area (Å²) in [5, 5.41) is 1.40. The van der Waals surface area contributed by atoms with Crippen LogP contribution in [0.1, 0.15) is 5.56 Å². The zero-order chi connectivity index (χ0) is 21.9. The molecule has 0 aliphatic heterocycles. The van der Waals surface area contributed by atoms with E-state index in [1.54, 1.807) is 13.2 Å². The average molecular weight is 442 g/mol. The van der Waals surface area contributed by atoms with Gasteiger partial charge in [0.1, 0.15) is 17.0 Å². The second-order valence-corrected chi connectivity index (χ2v) is 8.06. The maximum absolute atomic E-state index is 12.1. The number of oxazole rings is 1. The average Bonchev–Trinajstić information content (AvgIpc) is 3.27. The summed E-state index contributed by atoms with van der Waals surface area (Å²) in [5.74, 6) is 1.87. The van der Waals surface area contributed by atoms with Crippen molar-refractivity contribution in [1.29, 1.82) is 0 Å². The number of hydrogen-bond donors (Lipinski definition) is 0. The summed E-state index contributed by atoms with van der Waals surface area (Å²) in [7, 11) is 1.58. The fourth-order valence-corrected chi connectivity index (χ4v) is 4.35. The zero-order valence-electron chi connectivity index (χ0n) is 17.3. The number of hydrogen-bond acceptors (Lipinski definition) is 6. The molecule has 0 saturated carbocycles. The number of benzene rings is 3.